The van der Waals surface area contributed by atoms with Crippen LogP contribution >= 0.6 is 0 Å². The van der Waals surface area contributed by atoms with E-state index in [-0.39, 0.29) is 0 Å². The number of rotatable bonds is 2. The summed E-state index contributed by atoms with van der Waals surface area (Å²) >= 11 is 0. The van der Waals surface area contributed by atoms with Crippen molar-refractivity contribution in [2.45, 2.75) is 0 Å². The normalized spacial score (nSPS) is 15.5. The van der Waals surface area contributed by atoms with E-state index in [0.29, 0.717) is 0 Å². The Morgan fingerprint density at radius 1 is 0.607 bits per heavy atom. The summed E-state index contributed by atoms with van der Waals surface area (Å²) in [6.07, 6.45) is 6.70. The summed E-state index contributed by atoms with van der Waals surface area (Å²) in [6.45, 7) is 0. The third-order valence-corrected chi connectivity index (χ3v) is 5.37. The highest BCUT2D eigenvalue weighted by atomic mass is 16.5. The predicted molar refractivity (Wildman–Crippen MR) is 119 cm³/mol. The van der Waals surface area contributed by atoms with Crippen molar-refractivity contribution in [3.05, 3.63) is 113 Å². The van der Waals surface area contributed by atoms with Crippen LogP contribution in [-0.4, -0.2) is 7.11 Å². The number of methoxy groups -OCH3 is 1. The minimum atomic E-state index is 0.891. The van der Waals surface area contributed by atoms with Crippen LogP contribution in [0.25, 0.3) is 34.6 Å². The van der Waals surface area contributed by atoms with Gasteiger partial charge in [-0.3, -0.25) is 0 Å². The first-order chi connectivity index (χ1) is 13.8. The van der Waals surface area contributed by atoms with Crippen LogP contribution in [0, 0.1) is 0 Å². The summed E-state index contributed by atoms with van der Waals surface area (Å²) in [5.41, 5.74) is 7.16. The fraction of sp³-hybridized carbons (Fsp3) is 0.0370. The van der Waals surface area contributed by atoms with Crippen LogP contribution in [0.5, 0.6) is 5.75 Å². The van der Waals surface area contributed by atoms with E-state index in [2.05, 4.69) is 103 Å². The lowest BCUT2D eigenvalue weighted by molar-refractivity contribution is 0.414. The molecule has 0 heterocycles. The molecule has 0 amide bonds. The Kier molecular flexibility index (Phi) is 4.06. The molecule has 1 aliphatic carbocycles. The molecule has 0 radical (unpaired) electrons. The van der Waals surface area contributed by atoms with E-state index in [1.165, 1.54) is 38.6 Å². The largest absolute Gasteiger partial charge is 0.496 e. The summed E-state index contributed by atoms with van der Waals surface area (Å²) in [4.78, 5) is 0. The second-order valence-electron chi connectivity index (χ2n) is 6.97. The van der Waals surface area contributed by atoms with Crippen LogP contribution in [0.3, 0.4) is 0 Å². The zero-order valence-electron chi connectivity index (χ0n) is 15.7. The van der Waals surface area contributed by atoms with Gasteiger partial charge in [0.2, 0.25) is 0 Å². The second kappa shape index (κ2) is 6.86. The highest BCUT2D eigenvalue weighted by Gasteiger charge is 2.18. The molecule has 1 aliphatic rings. The molecule has 0 unspecified atom stereocenters. The van der Waals surface area contributed by atoms with E-state index < -0.39 is 0 Å². The first kappa shape index (κ1) is 16.6. The molecule has 4 aromatic carbocycles. The standard InChI is InChI=1S/C27H20O/c1-28-26-17-16-21-10-5-7-13-24(21)27(26)25-18-22-11-3-2-8-19(22)14-15-20-9-4-6-12-23(20)25/h2-18H,1H3/b15-14-,19-14?,20-15?,22-18?,25-18+,25-23?. The van der Waals surface area contributed by atoms with Gasteiger partial charge in [-0.05, 0) is 50.7 Å². The molecular weight excluding hydrogens is 340 g/mol. The zero-order chi connectivity index (χ0) is 18.9. The van der Waals surface area contributed by atoms with Crippen LogP contribution in [-0.2, 0) is 0 Å². The first-order valence-electron chi connectivity index (χ1n) is 9.49. The molecule has 134 valence electrons. The van der Waals surface area contributed by atoms with Crippen LogP contribution in [0.2, 0.25) is 0 Å². The number of fused-ring (bicyclic) bond motifs is 3. The van der Waals surface area contributed by atoms with Crippen LogP contribution < -0.4 is 4.74 Å². The monoisotopic (exact) mass is 360 g/mol. The van der Waals surface area contributed by atoms with Gasteiger partial charge in [-0.15, -0.1) is 0 Å². The maximum absolute atomic E-state index is 5.82. The van der Waals surface area contributed by atoms with Crippen LogP contribution in [0.1, 0.15) is 27.8 Å². The average molecular weight is 360 g/mol. The number of hydrogen-bond acceptors (Lipinski definition) is 1. The molecule has 1 nitrogen and oxygen atoms in total. The third kappa shape index (κ3) is 2.73. The van der Waals surface area contributed by atoms with Crippen molar-refractivity contribution in [3.8, 4) is 5.75 Å². The zero-order valence-corrected chi connectivity index (χ0v) is 15.7. The minimum Gasteiger partial charge on any atom is -0.496 e. The van der Waals surface area contributed by atoms with Crippen molar-refractivity contribution < 1.29 is 4.74 Å². The Labute approximate surface area is 165 Å². The molecule has 0 atom stereocenters. The van der Waals surface area contributed by atoms with E-state index in [1.807, 2.05) is 0 Å². The maximum Gasteiger partial charge on any atom is 0.127 e. The maximum atomic E-state index is 5.82. The van der Waals surface area contributed by atoms with Gasteiger partial charge in [0.25, 0.3) is 0 Å². The molecule has 5 rings (SSSR count). The second-order valence-corrected chi connectivity index (χ2v) is 6.97. The lowest BCUT2D eigenvalue weighted by Gasteiger charge is -2.19. The van der Waals surface area contributed by atoms with E-state index in [0.717, 1.165) is 11.3 Å². The Hall–Kier alpha value is -3.58. The first-order valence-corrected chi connectivity index (χ1v) is 9.49. The predicted octanol–water partition coefficient (Wildman–Crippen LogP) is 6.92. The smallest absolute Gasteiger partial charge is 0.127 e. The van der Waals surface area contributed by atoms with Crippen molar-refractivity contribution in [2.75, 3.05) is 7.11 Å². The summed E-state index contributed by atoms with van der Waals surface area (Å²) < 4.78 is 5.82. The fourth-order valence-corrected chi connectivity index (χ4v) is 4.00. The van der Waals surface area contributed by atoms with Crippen molar-refractivity contribution in [1.82, 2.24) is 0 Å². The molecule has 1 heteroatoms. The van der Waals surface area contributed by atoms with Gasteiger partial charge in [0.05, 0.1) is 7.11 Å². The van der Waals surface area contributed by atoms with Gasteiger partial charge in [-0.25, -0.2) is 0 Å². The molecular formula is C27H20O. The van der Waals surface area contributed by atoms with Crippen molar-refractivity contribution in [3.63, 3.8) is 0 Å². The molecule has 28 heavy (non-hydrogen) atoms. The highest BCUT2D eigenvalue weighted by Crippen LogP contribution is 2.40. The highest BCUT2D eigenvalue weighted by molar-refractivity contribution is 6.07. The van der Waals surface area contributed by atoms with Crippen LogP contribution in [0.4, 0.5) is 0 Å². The van der Waals surface area contributed by atoms with Gasteiger partial charge in [-0.1, -0.05) is 91.0 Å². The Morgan fingerprint density at radius 2 is 1.29 bits per heavy atom. The fourth-order valence-electron chi connectivity index (χ4n) is 4.00. The van der Waals surface area contributed by atoms with Gasteiger partial charge in [0.15, 0.2) is 0 Å². The average Bonchev–Trinajstić information content (AvgIpc) is 2.75. The molecule has 0 saturated carbocycles. The van der Waals surface area contributed by atoms with Gasteiger partial charge in [0, 0.05) is 5.56 Å². The Balaban J connectivity index is 1.90. The molecule has 0 N–H and O–H groups in total. The molecule has 0 fully saturated rings. The Morgan fingerprint density at radius 3 is 2.14 bits per heavy atom. The SMILES string of the molecule is COc1ccc2ccccc2c1/C1=C/c2ccccc2/C=C\c2ccccc21. The molecule has 0 aliphatic heterocycles. The van der Waals surface area contributed by atoms with Gasteiger partial charge in [-0.2, -0.15) is 0 Å². The number of ether oxygens (including phenoxy) is 1. The summed E-state index contributed by atoms with van der Waals surface area (Å²) in [5, 5.41) is 2.41. The van der Waals surface area contributed by atoms with Gasteiger partial charge < -0.3 is 4.74 Å². The summed E-state index contributed by atoms with van der Waals surface area (Å²) in [6, 6.07) is 29.8. The number of benzene rings is 4. The van der Waals surface area contributed by atoms with Crippen LogP contribution in [0.15, 0.2) is 84.9 Å². The quantitative estimate of drug-likeness (QED) is 0.332. The Bertz CT molecular complexity index is 1240. The molecule has 0 bridgehead atoms. The van der Waals surface area contributed by atoms with Crippen molar-refractivity contribution >= 4 is 34.6 Å². The minimum absolute atomic E-state index is 0.891. The van der Waals surface area contributed by atoms with Gasteiger partial charge >= 0.3 is 0 Å². The van der Waals surface area contributed by atoms with E-state index in [9.17, 15) is 0 Å². The van der Waals surface area contributed by atoms with E-state index >= 15 is 0 Å². The molecule has 0 aromatic heterocycles. The van der Waals surface area contributed by atoms with E-state index in [1.54, 1.807) is 7.11 Å². The number of hydrogen-bond donors (Lipinski definition) is 0. The van der Waals surface area contributed by atoms with Crippen molar-refractivity contribution in [2.24, 2.45) is 0 Å². The van der Waals surface area contributed by atoms with E-state index in [4.69, 9.17) is 4.74 Å². The molecule has 4 aromatic rings. The topological polar surface area (TPSA) is 9.23 Å². The summed E-state index contributed by atoms with van der Waals surface area (Å²) in [5.74, 6) is 0.891. The van der Waals surface area contributed by atoms with Crippen molar-refractivity contribution in [1.29, 1.82) is 0 Å². The summed E-state index contributed by atoms with van der Waals surface area (Å²) in [7, 11) is 1.75. The molecule has 0 spiro atoms. The third-order valence-electron chi connectivity index (χ3n) is 5.37. The lowest BCUT2D eigenvalue weighted by atomic mass is 9.86. The lowest BCUT2D eigenvalue weighted by Crippen LogP contribution is -1.99. The molecule has 0 saturated heterocycles. The van der Waals surface area contributed by atoms with Gasteiger partial charge in [0.1, 0.15) is 5.75 Å².